The van der Waals surface area contributed by atoms with Crippen LogP contribution in [0.15, 0.2) is 28.1 Å². The molecule has 0 saturated carbocycles. The van der Waals surface area contributed by atoms with Gasteiger partial charge in [-0.3, -0.25) is 4.79 Å². The molecule has 0 aliphatic heterocycles. The predicted octanol–water partition coefficient (Wildman–Crippen LogP) is 3.24. The molecular weight excluding hydrogens is 342 g/mol. The van der Waals surface area contributed by atoms with E-state index in [-0.39, 0.29) is 12.4 Å². The molecule has 1 N–H and O–H groups in total. The van der Waals surface area contributed by atoms with Gasteiger partial charge < -0.3 is 10.1 Å². The fourth-order valence-corrected chi connectivity index (χ4v) is 2.67. The molecule has 0 atom stereocenters. The summed E-state index contributed by atoms with van der Waals surface area (Å²) in [5.74, 6) is -0.318. The molecule has 0 fully saturated rings. The molecule has 0 aliphatic carbocycles. The van der Waals surface area contributed by atoms with Gasteiger partial charge in [0.1, 0.15) is 0 Å². The van der Waals surface area contributed by atoms with Crippen LogP contribution in [0.4, 0.5) is 10.8 Å². The lowest BCUT2D eigenvalue weighted by Crippen LogP contribution is -2.04. The van der Waals surface area contributed by atoms with E-state index >= 15 is 0 Å². The van der Waals surface area contributed by atoms with Crippen LogP contribution >= 0.6 is 27.3 Å². The summed E-state index contributed by atoms with van der Waals surface area (Å²) in [6.45, 7) is 0. The maximum absolute atomic E-state index is 11.2. The number of hydrogen-bond acceptors (Lipinski definition) is 6. The first-order valence-corrected chi connectivity index (χ1v) is 7.27. The van der Waals surface area contributed by atoms with Crippen molar-refractivity contribution in [2.45, 2.75) is 6.42 Å². The third-order valence-corrected chi connectivity index (χ3v) is 3.91. The van der Waals surface area contributed by atoms with E-state index in [0.29, 0.717) is 16.4 Å². The molecule has 1 heterocycles. The zero-order chi connectivity index (χ0) is 14.5. The van der Waals surface area contributed by atoms with Crippen LogP contribution in [0.3, 0.4) is 0 Å². The number of rotatable bonds is 4. The smallest absolute Gasteiger partial charge is 0.311 e. The van der Waals surface area contributed by atoms with E-state index in [4.69, 9.17) is 5.26 Å². The highest BCUT2D eigenvalue weighted by Crippen LogP contribution is 2.28. The highest BCUT2D eigenvalue weighted by Gasteiger charge is 2.09. The van der Waals surface area contributed by atoms with Crippen molar-refractivity contribution in [2.24, 2.45) is 0 Å². The molecule has 2 rings (SSSR count). The lowest BCUT2D eigenvalue weighted by Gasteiger charge is -2.05. The molecule has 20 heavy (non-hydrogen) atoms. The van der Waals surface area contributed by atoms with Gasteiger partial charge >= 0.3 is 5.97 Å². The summed E-state index contributed by atoms with van der Waals surface area (Å²) in [6.07, 6.45) is 0.156. The van der Waals surface area contributed by atoms with Gasteiger partial charge in [-0.05, 0) is 34.1 Å². The molecule has 0 bridgehead atoms. The number of hydrogen-bond donors (Lipinski definition) is 1. The summed E-state index contributed by atoms with van der Waals surface area (Å²) in [6, 6.07) is 7.31. The molecule has 0 amide bonds. The first-order chi connectivity index (χ1) is 9.62. The summed E-state index contributed by atoms with van der Waals surface area (Å²) in [5, 5.41) is 14.4. The number of nitriles is 1. The third-order valence-electron chi connectivity index (χ3n) is 2.44. The standard InChI is InChI=1S/C13H10BrN3O2S/c1-19-12(18)5-9-7-20-13(16-9)17-11-3-2-8(6-15)4-10(11)14/h2-4,7H,5H2,1H3,(H,16,17). The number of ether oxygens (including phenoxy) is 1. The predicted molar refractivity (Wildman–Crippen MR) is 80.0 cm³/mol. The van der Waals surface area contributed by atoms with Crippen molar-refractivity contribution in [1.29, 1.82) is 5.26 Å². The molecule has 102 valence electrons. The normalized spacial score (nSPS) is 9.85. The zero-order valence-corrected chi connectivity index (χ0v) is 12.9. The molecule has 0 radical (unpaired) electrons. The van der Waals surface area contributed by atoms with Crippen LogP contribution in [0.1, 0.15) is 11.3 Å². The van der Waals surface area contributed by atoms with Crippen LogP contribution in [0, 0.1) is 11.3 Å². The van der Waals surface area contributed by atoms with Crippen molar-refractivity contribution >= 4 is 44.1 Å². The molecule has 1 aromatic carbocycles. The molecule has 1 aromatic heterocycles. The number of carbonyl (C=O) groups excluding carboxylic acids is 1. The molecule has 0 spiro atoms. The zero-order valence-electron chi connectivity index (χ0n) is 10.5. The van der Waals surface area contributed by atoms with Crippen LogP contribution in [0.25, 0.3) is 0 Å². The van der Waals surface area contributed by atoms with E-state index in [1.165, 1.54) is 18.4 Å². The summed E-state index contributed by atoms with van der Waals surface area (Å²) in [4.78, 5) is 15.5. The minimum absolute atomic E-state index is 0.156. The summed E-state index contributed by atoms with van der Waals surface area (Å²) in [7, 11) is 1.35. The Hall–Kier alpha value is -1.91. The second kappa shape index (κ2) is 6.50. The highest BCUT2D eigenvalue weighted by atomic mass is 79.9. The van der Waals surface area contributed by atoms with Crippen LogP contribution in [0.5, 0.6) is 0 Å². The van der Waals surface area contributed by atoms with Gasteiger partial charge in [-0.25, -0.2) is 4.98 Å². The number of nitrogens with zero attached hydrogens (tertiary/aromatic N) is 2. The third kappa shape index (κ3) is 3.56. The van der Waals surface area contributed by atoms with E-state index in [1.54, 1.807) is 23.6 Å². The number of aromatic nitrogens is 1. The minimum atomic E-state index is -0.318. The number of thiazole rings is 1. The Bertz CT molecular complexity index is 678. The Kier molecular flexibility index (Phi) is 4.71. The molecule has 5 nitrogen and oxygen atoms in total. The molecule has 2 aromatic rings. The first kappa shape index (κ1) is 14.5. The topological polar surface area (TPSA) is 75.0 Å². The average molecular weight is 352 g/mol. The van der Waals surface area contributed by atoms with E-state index in [9.17, 15) is 4.79 Å². The average Bonchev–Trinajstić information content (AvgIpc) is 2.88. The van der Waals surface area contributed by atoms with E-state index in [0.717, 1.165) is 10.2 Å². The number of esters is 1. The van der Waals surface area contributed by atoms with Crippen molar-refractivity contribution in [2.75, 3.05) is 12.4 Å². The van der Waals surface area contributed by atoms with Gasteiger partial charge in [0.15, 0.2) is 5.13 Å². The van der Waals surface area contributed by atoms with E-state index < -0.39 is 0 Å². The van der Waals surface area contributed by atoms with Crippen molar-refractivity contribution in [1.82, 2.24) is 4.98 Å². The van der Waals surface area contributed by atoms with Crippen molar-refractivity contribution in [3.8, 4) is 6.07 Å². The largest absolute Gasteiger partial charge is 0.469 e. The second-order valence-corrected chi connectivity index (χ2v) is 5.54. The number of anilines is 2. The van der Waals surface area contributed by atoms with Gasteiger partial charge in [0.05, 0.1) is 36.5 Å². The Morgan fingerprint density at radius 3 is 3.05 bits per heavy atom. The lowest BCUT2D eigenvalue weighted by atomic mass is 10.2. The molecule has 0 aliphatic rings. The van der Waals surface area contributed by atoms with Gasteiger partial charge in [-0.15, -0.1) is 11.3 Å². The lowest BCUT2D eigenvalue weighted by molar-refractivity contribution is -0.139. The molecule has 7 heteroatoms. The maximum atomic E-state index is 11.2. The van der Waals surface area contributed by atoms with Crippen molar-refractivity contribution < 1.29 is 9.53 Å². The number of halogens is 1. The molecule has 0 saturated heterocycles. The number of benzene rings is 1. The fourth-order valence-electron chi connectivity index (χ4n) is 1.47. The van der Waals surface area contributed by atoms with Gasteiger partial charge in [0.25, 0.3) is 0 Å². The Balaban J connectivity index is 2.11. The highest BCUT2D eigenvalue weighted by molar-refractivity contribution is 9.10. The van der Waals surface area contributed by atoms with Gasteiger partial charge in [0.2, 0.25) is 0 Å². The van der Waals surface area contributed by atoms with Gasteiger partial charge in [0, 0.05) is 9.85 Å². The summed E-state index contributed by atoms with van der Waals surface area (Å²) in [5.41, 5.74) is 2.05. The first-order valence-electron chi connectivity index (χ1n) is 5.60. The van der Waals surface area contributed by atoms with Gasteiger partial charge in [-0.1, -0.05) is 0 Å². The number of carbonyl (C=O) groups is 1. The van der Waals surface area contributed by atoms with Gasteiger partial charge in [-0.2, -0.15) is 5.26 Å². The fraction of sp³-hybridized carbons (Fsp3) is 0.154. The molecular formula is C13H10BrN3O2S. The minimum Gasteiger partial charge on any atom is -0.469 e. The maximum Gasteiger partial charge on any atom is 0.311 e. The quantitative estimate of drug-likeness (QED) is 0.855. The van der Waals surface area contributed by atoms with Crippen molar-refractivity contribution in [3.05, 3.63) is 39.3 Å². The molecule has 0 unspecified atom stereocenters. The summed E-state index contributed by atoms with van der Waals surface area (Å²) >= 11 is 4.79. The SMILES string of the molecule is COC(=O)Cc1csc(Nc2ccc(C#N)cc2Br)n1. The van der Waals surface area contributed by atoms with Crippen molar-refractivity contribution in [3.63, 3.8) is 0 Å². The van der Waals surface area contributed by atoms with Crippen LogP contribution in [-0.4, -0.2) is 18.1 Å². The van der Waals surface area contributed by atoms with Crippen LogP contribution in [0.2, 0.25) is 0 Å². The Morgan fingerprint density at radius 2 is 2.40 bits per heavy atom. The number of nitrogens with one attached hydrogen (secondary N) is 1. The van der Waals surface area contributed by atoms with E-state index in [1.807, 2.05) is 0 Å². The Morgan fingerprint density at radius 1 is 1.60 bits per heavy atom. The number of methoxy groups -OCH3 is 1. The summed E-state index contributed by atoms with van der Waals surface area (Å²) < 4.78 is 5.37. The van der Waals surface area contributed by atoms with E-state index in [2.05, 4.69) is 37.0 Å². The van der Waals surface area contributed by atoms with Crippen LogP contribution < -0.4 is 5.32 Å². The monoisotopic (exact) mass is 351 g/mol. The Labute approximate surface area is 128 Å². The van der Waals surface area contributed by atoms with Crippen LogP contribution in [-0.2, 0) is 16.0 Å². The second-order valence-electron chi connectivity index (χ2n) is 3.83.